The van der Waals surface area contributed by atoms with Crippen LogP contribution in [0.2, 0.25) is 0 Å². The third-order valence-electron chi connectivity index (χ3n) is 5.29. The molecule has 0 saturated heterocycles. The molecule has 3 rings (SSSR count). The fourth-order valence-corrected chi connectivity index (χ4v) is 4.32. The Morgan fingerprint density at radius 1 is 1.18 bits per heavy atom. The zero-order valence-electron chi connectivity index (χ0n) is 10.5. The topological polar surface area (TPSA) is 34.1 Å². The molecular weight excluding hydrogens is 212 g/mol. The fourth-order valence-electron chi connectivity index (χ4n) is 4.32. The van der Waals surface area contributed by atoms with Crippen molar-refractivity contribution in [3.05, 3.63) is 11.6 Å². The number of Topliss-reactive ketones (excluding diaryl/α,β-unsaturated/α-hetero) is 2. The standard InChI is InChI=1S/C15H20O2/c1-15-9-3-6-14(17)12(15)8-7-10-11(15)4-2-5-13(10)16/h7,11-12H,2-6,8-9H2,1H3/t11-,12-,15+/m0/s1. The highest BCUT2D eigenvalue weighted by Crippen LogP contribution is 2.55. The molecular formula is C15H20O2. The summed E-state index contributed by atoms with van der Waals surface area (Å²) in [5.74, 6) is 1.34. The summed E-state index contributed by atoms with van der Waals surface area (Å²) in [6.45, 7) is 2.25. The van der Waals surface area contributed by atoms with Gasteiger partial charge >= 0.3 is 0 Å². The van der Waals surface area contributed by atoms with Crippen LogP contribution in [0.5, 0.6) is 0 Å². The maximum Gasteiger partial charge on any atom is 0.158 e. The maximum atomic E-state index is 12.1. The lowest BCUT2D eigenvalue weighted by Crippen LogP contribution is -2.47. The molecule has 2 saturated carbocycles. The molecule has 0 unspecified atom stereocenters. The molecule has 3 aliphatic rings. The summed E-state index contributed by atoms with van der Waals surface area (Å²) in [4.78, 5) is 24.0. The van der Waals surface area contributed by atoms with E-state index in [9.17, 15) is 9.59 Å². The quantitative estimate of drug-likeness (QED) is 0.643. The van der Waals surface area contributed by atoms with Gasteiger partial charge in [0.25, 0.3) is 0 Å². The van der Waals surface area contributed by atoms with E-state index in [1.165, 1.54) is 0 Å². The van der Waals surface area contributed by atoms with Crippen LogP contribution < -0.4 is 0 Å². The molecule has 0 aromatic rings. The second-order valence-electron chi connectivity index (χ2n) is 6.14. The molecule has 0 bridgehead atoms. The highest BCUT2D eigenvalue weighted by molar-refractivity contribution is 5.97. The Kier molecular flexibility index (Phi) is 2.49. The molecule has 0 heterocycles. The summed E-state index contributed by atoms with van der Waals surface area (Å²) >= 11 is 0. The highest BCUT2D eigenvalue weighted by Gasteiger charge is 2.51. The number of allylic oxidation sites excluding steroid dienone is 2. The van der Waals surface area contributed by atoms with E-state index in [0.29, 0.717) is 17.5 Å². The van der Waals surface area contributed by atoms with Crippen molar-refractivity contribution in [2.45, 2.75) is 51.9 Å². The Labute approximate surface area is 102 Å². The average Bonchev–Trinajstić information content (AvgIpc) is 2.30. The van der Waals surface area contributed by atoms with Gasteiger partial charge in [-0.1, -0.05) is 13.0 Å². The predicted octanol–water partition coefficient (Wildman–Crippen LogP) is 3.06. The minimum absolute atomic E-state index is 0.0789. The number of hydrogen-bond donors (Lipinski definition) is 0. The molecule has 0 radical (unpaired) electrons. The van der Waals surface area contributed by atoms with Crippen molar-refractivity contribution in [1.82, 2.24) is 0 Å². The summed E-state index contributed by atoms with van der Waals surface area (Å²) in [6, 6.07) is 0. The smallest absolute Gasteiger partial charge is 0.158 e. The summed E-state index contributed by atoms with van der Waals surface area (Å²) < 4.78 is 0. The first-order valence-corrected chi connectivity index (χ1v) is 6.89. The largest absolute Gasteiger partial charge is 0.299 e. The molecule has 3 aliphatic carbocycles. The first-order valence-electron chi connectivity index (χ1n) is 6.89. The summed E-state index contributed by atoms with van der Waals surface area (Å²) in [5, 5.41) is 0. The summed E-state index contributed by atoms with van der Waals surface area (Å²) in [5.41, 5.74) is 1.14. The van der Waals surface area contributed by atoms with Gasteiger partial charge in [0.05, 0.1) is 0 Å². The molecule has 2 heteroatoms. The summed E-state index contributed by atoms with van der Waals surface area (Å²) in [7, 11) is 0. The van der Waals surface area contributed by atoms with Crippen LogP contribution in [0.4, 0.5) is 0 Å². The minimum atomic E-state index is 0.0789. The number of rotatable bonds is 0. The molecule has 2 fully saturated rings. The van der Waals surface area contributed by atoms with Crippen molar-refractivity contribution in [2.75, 3.05) is 0 Å². The third-order valence-corrected chi connectivity index (χ3v) is 5.29. The van der Waals surface area contributed by atoms with Gasteiger partial charge in [0.2, 0.25) is 0 Å². The molecule has 2 nitrogen and oxygen atoms in total. The second kappa shape index (κ2) is 3.79. The summed E-state index contributed by atoms with van der Waals surface area (Å²) in [6.07, 6.45) is 8.63. The van der Waals surface area contributed by atoms with Crippen LogP contribution in [0.1, 0.15) is 51.9 Å². The third kappa shape index (κ3) is 1.53. The monoisotopic (exact) mass is 232 g/mol. The molecule has 0 amide bonds. The van der Waals surface area contributed by atoms with Gasteiger partial charge in [-0.2, -0.15) is 0 Å². The molecule has 0 spiro atoms. The Morgan fingerprint density at radius 3 is 2.82 bits per heavy atom. The van der Waals surface area contributed by atoms with E-state index in [1.54, 1.807) is 0 Å². The van der Waals surface area contributed by atoms with E-state index >= 15 is 0 Å². The SMILES string of the molecule is C[C@]12CCCC(=O)[C@@H]1CC=C1C(=O)CCC[C@@H]12. The lowest BCUT2D eigenvalue weighted by molar-refractivity contribution is -0.134. The zero-order chi connectivity index (χ0) is 12.0. The zero-order valence-corrected chi connectivity index (χ0v) is 10.5. The van der Waals surface area contributed by atoms with Crippen LogP contribution in [-0.4, -0.2) is 11.6 Å². The molecule has 0 N–H and O–H groups in total. The molecule has 17 heavy (non-hydrogen) atoms. The first kappa shape index (κ1) is 11.2. The highest BCUT2D eigenvalue weighted by atomic mass is 16.1. The van der Waals surface area contributed by atoms with Gasteiger partial charge in [-0.3, -0.25) is 9.59 Å². The van der Waals surface area contributed by atoms with Crippen LogP contribution in [0.3, 0.4) is 0 Å². The molecule has 92 valence electrons. The van der Waals surface area contributed by atoms with Crippen LogP contribution in [0.15, 0.2) is 11.6 Å². The minimum Gasteiger partial charge on any atom is -0.299 e. The van der Waals surface area contributed by atoms with Crippen LogP contribution in [0.25, 0.3) is 0 Å². The van der Waals surface area contributed by atoms with Crippen molar-refractivity contribution >= 4 is 11.6 Å². The van der Waals surface area contributed by atoms with Gasteiger partial charge in [0.1, 0.15) is 5.78 Å². The van der Waals surface area contributed by atoms with Gasteiger partial charge in [0.15, 0.2) is 5.78 Å². The van der Waals surface area contributed by atoms with E-state index in [2.05, 4.69) is 13.0 Å². The van der Waals surface area contributed by atoms with Gasteiger partial charge in [-0.05, 0) is 49.0 Å². The lowest BCUT2D eigenvalue weighted by Gasteiger charge is -2.50. The van der Waals surface area contributed by atoms with Crippen molar-refractivity contribution < 1.29 is 9.59 Å². The van der Waals surface area contributed by atoms with Gasteiger partial charge in [0, 0.05) is 18.8 Å². The average molecular weight is 232 g/mol. The lowest BCUT2D eigenvalue weighted by atomic mass is 9.52. The van der Waals surface area contributed by atoms with E-state index < -0.39 is 0 Å². The van der Waals surface area contributed by atoms with Crippen LogP contribution in [-0.2, 0) is 9.59 Å². The van der Waals surface area contributed by atoms with Gasteiger partial charge in [-0.15, -0.1) is 0 Å². The second-order valence-corrected chi connectivity index (χ2v) is 6.14. The van der Waals surface area contributed by atoms with E-state index in [-0.39, 0.29) is 11.3 Å². The molecule has 0 aromatic carbocycles. The number of carbonyl (C=O) groups excluding carboxylic acids is 2. The van der Waals surface area contributed by atoms with Gasteiger partial charge in [-0.25, -0.2) is 0 Å². The van der Waals surface area contributed by atoms with Gasteiger partial charge < -0.3 is 0 Å². The predicted molar refractivity (Wildman–Crippen MR) is 65.5 cm³/mol. The van der Waals surface area contributed by atoms with E-state index in [0.717, 1.165) is 50.5 Å². The first-order chi connectivity index (χ1) is 8.13. The van der Waals surface area contributed by atoms with Crippen molar-refractivity contribution in [1.29, 1.82) is 0 Å². The number of hydrogen-bond acceptors (Lipinski definition) is 2. The maximum absolute atomic E-state index is 12.1. The Hall–Kier alpha value is -0.920. The van der Waals surface area contributed by atoms with Crippen molar-refractivity contribution in [3.8, 4) is 0 Å². The Bertz CT molecular complexity index is 407. The van der Waals surface area contributed by atoms with Crippen LogP contribution in [0, 0.1) is 17.3 Å². The Morgan fingerprint density at radius 2 is 2.00 bits per heavy atom. The van der Waals surface area contributed by atoms with E-state index in [1.807, 2.05) is 0 Å². The molecule has 3 atom stereocenters. The molecule has 0 aliphatic heterocycles. The van der Waals surface area contributed by atoms with Crippen LogP contribution >= 0.6 is 0 Å². The Balaban J connectivity index is 2.01. The normalized spacial score (nSPS) is 41.6. The van der Waals surface area contributed by atoms with Crippen molar-refractivity contribution in [3.63, 3.8) is 0 Å². The molecule has 0 aromatic heterocycles. The fraction of sp³-hybridized carbons (Fsp3) is 0.733. The number of carbonyl (C=O) groups is 2. The van der Waals surface area contributed by atoms with E-state index in [4.69, 9.17) is 0 Å². The number of ketones is 2. The number of fused-ring (bicyclic) bond motifs is 3. The van der Waals surface area contributed by atoms with Crippen molar-refractivity contribution in [2.24, 2.45) is 17.3 Å².